The second-order valence-corrected chi connectivity index (χ2v) is 5.08. The van der Waals surface area contributed by atoms with Crippen molar-refractivity contribution in [1.29, 1.82) is 0 Å². The number of nitrogens with one attached hydrogen (secondary N) is 1. The molecule has 1 atom stereocenters. The highest BCUT2D eigenvalue weighted by molar-refractivity contribution is 5.94. The number of rotatable bonds is 3. The second kappa shape index (κ2) is 5.44. The Balaban J connectivity index is 1.83. The average molecular weight is 266 g/mol. The Morgan fingerprint density at radius 2 is 2.37 bits per heavy atom. The molecule has 1 aromatic rings. The van der Waals surface area contributed by atoms with Crippen molar-refractivity contribution in [3.05, 3.63) is 24.2 Å². The standard InChI is InChI=1S/C13H18N2O4/c1-13(18)5-3-6-15(9-13)11(16)8-14-12(17)10-4-2-7-19-10/h2,4,7,18H,3,5-6,8-9H2,1H3,(H,14,17). The van der Waals surface area contributed by atoms with E-state index < -0.39 is 11.5 Å². The fourth-order valence-corrected chi connectivity index (χ4v) is 2.20. The van der Waals surface area contributed by atoms with Crippen LogP contribution in [0.15, 0.2) is 22.8 Å². The highest BCUT2D eigenvalue weighted by atomic mass is 16.3. The Kier molecular flexibility index (Phi) is 3.90. The number of hydrogen-bond donors (Lipinski definition) is 2. The summed E-state index contributed by atoms with van der Waals surface area (Å²) in [6.45, 7) is 2.55. The number of furan rings is 1. The fraction of sp³-hybridized carbons (Fsp3) is 0.538. The molecular formula is C13H18N2O4. The first-order chi connectivity index (χ1) is 8.98. The summed E-state index contributed by atoms with van der Waals surface area (Å²) in [5.74, 6) is -0.430. The van der Waals surface area contributed by atoms with Crippen molar-refractivity contribution in [3.63, 3.8) is 0 Å². The van der Waals surface area contributed by atoms with Gasteiger partial charge in [0.2, 0.25) is 5.91 Å². The highest BCUT2D eigenvalue weighted by Crippen LogP contribution is 2.19. The lowest BCUT2D eigenvalue weighted by atomic mass is 9.95. The van der Waals surface area contributed by atoms with Gasteiger partial charge in [0.25, 0.3) is 5.91 Å². The smallest absolute Gasteiger partial charge is 0.287 e. The molecule has 0 bridgehead atoms. The van der Waals surface area contributed by atoms with Crippen LogP contribution in [0.2, 0.25) is 0 Å². The summed E-state index contributed by atoms with van der Waals surface area (Å²) in [5, 5.41) is 12.4. The van der Waals surface area contributed by atoms with Gasteiger partial charge in [-0.25, -0.2) is 0 Å². The van der Waals surface area contributed by atoms with Crippen molar-refractivity contribution in [1.82, 2.24) is 10.2 Å². The number of piperidine rings is 1. The van der Waals surface area contributed by atoms with Crippen LogP contribution < -0.4 is 5.32 Å². The SMILES string of the molecule is CC1(O)CCCN(C(=O)CNC(=O)c2ccco2)C1. The zero-order valence-corrected chi connectivity index (χ0v) is 10.9. The van der Waals surface area contributed by atoms with Gasteiger partial charge in [-0.15, -0.1) is 0 Å². The summed E-state index contributed by atoms with van der Waals surface area (Å²) in [7, 11) is 0. The highest BCUT2D eigenvalue weighted by Gasteiger charge is 2.30. The molecule has 0 radical (unpaired) electrons. The number of hydrogen-bond acceptors (Lipinski definition) is 4. The summed E-state index contributed by atoms with van der Waals surface area (Å²) in [6.07, 6.45) is 2.86. The van der Waals surface area contributed by atoms with Crippen LogP contribution in [0.4, 0.5) is 0 Å². The van der Waals surface area contributed by atoms with Crippen molar-refractivity contribution in [2.45, 2.75) is 25.4 Å². The van der Waals surface area contributed by atoms with E-state index in [0.717, 1.165) is 6.42 Å². The van der Waals surface area contributed by atoms with Crippen molar-refractivity contribution in [2.24, 2.45) is 0 Å². The van der Waals surface area contributed by atoms with E-state index in [-0.39, 0.29) is 18.2 Å². The van der Waals surface area contributed by atoms with Gasteiger partial charge in [0.1, 0.15) is 0 Å². The lowest BCUT2D eigenvalue weighted by Gasteiger charge is -2.36. The molecule has 1 fully saturated rings. The minimum Gasteiger partial charge on any atom is -0.459 e. The normalized spacial score (nSPS) is 23.2. The van der Waals surface area contributed by atoms with E-state index in [0.29, 0.717) is 19.5 Å². The van der Waals surface area contributed by atoms with Crippen LogP contribution in [0.25, 0.3) is 0 Å². The summed E-state index contributed by atoms with van der Waals surface area (Å²) in [5.41, 5.74) is -0.834. The lowest BCUT2D eigenvalue weighted by Crippen LogP contribution is -2.51. The first-order valence-electron chi connectivity index (χ1n) is 6.30. The molecule has 19 heavy (non-hydrogen) atoms. The van der Waals surface area contributed by atoms with Gasteiger partial charge in [0, 0.05) is 13.1 Å². The van der Waals surface area contributed by atoms with Crippen LogP contribution in [-0.4, -0.2) is 47.1 Å². The van der Waals surface area contributed by atoms with Crippen LogP contribution in [0, 0.1) is 0 Å². The molecule has 6 nitrogen and oxygen atoms in total. The number of likely N-dealkylation sites (tertiary alicyclic amines) is 1. The molecule has 2 N–H and O–H groups in total. The molecule has 0 aromatic carbocycles. The third kappa shape index (κ3) is 3.57. The maximum absolute atomic E-state index is 11.9. The summed E-state index contributed by atoms with van der Waals surface area (Å²) >= 11 is 0. The summed E-state index contributed by atoms with van der Waals surface area (Å²) in [4.78, 5) is 25.1. The van der Waals surface area contributed by atoms with Crippen LogP contribution >= 0.6 is 0 Å². The van der Waals surface area contributed by atoms with Crippen molar-refractivity contribution in [2.75, 3.05) is 19.6 Å². The number of carbonyl (C=O) groups is 2. The molecule has 1 unspecified atom stereocenters. The van der Waals surface area contributed by atoms with Crippen LogP contribution in [-0.2, 0) is 4.79 Å². The first-order valence-corrected chi connectivity index (χ1v) is 6.30. The predicted octanol–water partition coefficient (Wildman–Crippen LogP) is 0.383. The molecule has 2 rings (SSSR count). The monoisotopic (exact) mass is 266 g/mol. The van der Waals surface area contributed by atoms with Gasteiger partial charge in [-0.2, -0.15) is 0 Å². The van der Waals surface area contributed by atoms with Gasteiger partial charge >= 0.3 is 0 Å². The van der Waals surface area contributed by atoms with Crippen LogP contribution in [0.3, 0.4) is 0 Å². The van der Waals surface area contributed by atoms with E-state index in [1.807, 2.05) is 0 Å². The van der Waals surface area contributed by atoms with Crippen molar-refractivity contribution < 1.29 is 19.1 Å². The Morgan fingerprint density at radius 1 is 1.58 bits per heavy atom. The quantitative estimate of drug-likeness (QED) is 0.828. The van der Waals surface area contributed by atoms with Gasteiger partial charge in [0.05, 0.1) is 18.4 Å². The number of amides is 2. The molecule has 2 heterocycles. The Bertz CT molecular complexity index is 453. The van der Waals surface area contributed by atoms with E-state index in [1.165, 1.54) is 12.3 Å². The zero-order chi connectivity index (χ0) is 13.9. The molecule has 1 aliphatic rings. The molecule has 0 spiro atoms. The lowest BCUT2D eigenvalue weighted by molar-refractivity contribution is -0.136. The number of carbonyl (C=O) groups excluding carboxylic acids is 2. The molecule has 0 aliphatic carbocycles. The predicted molar refractivity (Wildman–Crippen MR) is 67.5 cm³/mol. The molecule has 6 heteroatoms. The maximum Gasteiger partial charge on any atom is 0.287 e. The molecule has 2 amide bonds. The molecular weight excluding hydrogens is 248 g/mol. The number of nitrogens with zero attached hydrogens (tertiary/aromatic N) is 1. The molecule has 1 aliphatic heterocycles. The van der Waals surface area contributed by atoms with E-state index in [9.17, 15) is 14.7 Å². The van der Waals surface area contributed by atoms with Gasteiger partial charge in [-0.05, 0) is 31.9 Å². The van der Waals surface area contributed by atoms with Gasteiger partial charge in [0.15, 0.2) is 5.76 Å². The summed E-state index contributed by atoms with van der Waals surface area (Å²) < 4.78 is 4.93. The molecule has 1 saturated heterocycles. The minimum absolute atomic E-state index is 0.0877. The fourth-order valence-electron chi connectivity index (χ4n) is 2.20. The minimum atomic E-state index is -0.834. The summed E-state index contributed by atoms with van der Waals surface area (Å²) in [6, 6.07) is 3.14. The van der Waals surface area contributed by atoms with E-state index in [1.54, 1.807) is 17.9 Å². The zero-order valence-electron chi connectivity index (χ0n) is 10.9. The molecule has 1 aromatic heterocycles. The van der Waals surface area contributed by atoms with Crippen molar-refractivity contribution in [3.8, 4) is 0 Å². The number of aliphatic hydroxyl groups is 1. The third-order valence-electron chi connectivity index (χ3n) is 3.17. The van der Waals surface area contributed by atoms with Gasteiger partial charge < -0.3 is 19.7 Å². The maximum atomic E-state index is 11.9. The second-order valence-electron chi connectivity index (χ2n) is 5.08. The largest absolute Gasteiger partial charge is 0.459 e. The number of β-amino-alcohol motifs (C(OH)–C–C–N with tert-alkyl or cyclic N) is 1. The van der Waals surface area contributed by atoms with Gasteiger partial charge in [-0.3, -0.25) is 9.59 Å². The van der Waals surface area contributed by atoms with E-state index in [4.69, 9.17) is 4.42 Å². The van der Waals surface area contributed by atoms with Gasteiger partial charge in [-0.1, -0.05) is 0 Å². The average Bonchev–Trinajstić information content (AvgIpc) is 2.88. The van der Waals surface area contributed by atoms with E-state index >= 15 is 0 Å². The van der Waals surface area contributed by atoms with E-state index in [2.05, 4.69) is 5.32 Å². The Labute approximate surface area is 111 Å². The third-order valence-corrected chi connectivity index (χ3v) is 3.17. The molecule has 104 valence electrons. The van der Waals surface area contributed by atoms with Crippen molar-refractivity contribution >= 4 is 11.8 Å². The topological polar surface area (TPSA) is 82.8 Å². The Morgan fingerprint density at radius 3 is 3.00 bits per heavy atom. The first kappa shape index (κ1) is 13.6. The Hall–Kier alpha value is -1.82. The van der Waals surface area contributed by atoms with Crippen LogP contribution in [0.1, 0.15) is 30.3 Å². The van der Waals surface area contributed by atoms with Crippen LogP contribution in [0.5, 0.6) is 0 Å². The molecule has 0 saturated carbocycles.